The average molecular weight is 579 g/mol. The molecule has 0 aliphatic heterocycles. The number of benzene rings is 1. The molecule has 0 spiro atoms. The third kappa shape index (κ3) is 7.27. The minimum Gasteiger partial charge on any atom is -0.475 e. The van der Waals surface area contributed by atoms with Crippen LogP contribution in [0.25, 0.3) is 5.69 Å². The highest BCUT2D eigenvalue weighted by atomic mass is 79.9. The Bertz CT molecular complexity index is 1520. The number of alkyl halides is 3. The Labute approximate surface area is 215 Å². The summed E-state index contributed by atoms with van der Waals surface area (Å²) in [6.07, 6.45) is -0.0832. The van der Waals surface area contributed by atoms with Gasteiger partial charge in [-0.05, 0) is 58.4 Å². The van der Waals surface area contributed by atoms with Gasteiger partial charge in [0.05, 0.1) is 4.47 Å². The predicted molar refractivity (Wildman–Crippen MR) is 134 cm³/mol. The van der Waals surface area contributed by atoms with E-state index in [1.165, 1.54) is 10.6 Å². The molecular weight excluding hydrogens is 561 g/mol. The first kappa shape index (κ1) is 27.1. The standard InChI is InChI=1S/C21H17BrN6O2.C2HF3O2/c1-27-11-4-5-17(20(27)30)25-19-16(22)13-23-21(26-19)24-14-7-9-15(10-8-14)28-12-3-2-6-18(28)29;3-2(4,5)1(6)7/h2-13H,1H3,(H2,23,24,25,26);(H,6,7). The van der Waals surface area contributed by atoms with Crippen LogP contribution in [0.4, 0.5) is 36.3 Å². The Kier molecular flexibility index (Phi) is 8.45. The van der Waals surface area contributed by atoms with Crippen LogP contribution in [0.2, 0.25) is 0 Å². The Balaban J connectivity index is 0.000000479. The second kappa shape index (κ2) is 11.5. The number of carboxylic acid groups (broad SMARTS) is 1. The number of carboxylic acids is 1. The fourth-order valence-corrected chi connectivity index (χ4v) is 3.10. The second-order valence-corrected chi connectivity index (χ2v) is 8.09. The number of hydrogen-bond acceptors (Lipinski definition) is 7. The fourth-order valence-electron chi connectivity index (χ4n) is 2.81. The topological polar surface area (TPSA) is 131 Å². The molecule has 192 valence electrons. The van der Waals surface area contributed by atoms with E-state index in [0.29, 0.717) is 21.9 Å². The SMILES string of the molecule is Cn1cccc(Nc2nc(Nc3ccc(-n4ccccc4=O)cc3)ncc2Br)c1=O.O=C(O)C(F)(F)F. The molecule has 3 aromatic heterocycles. The van der Waals surface area contributed by atoms with Crippen molar-refractivity contribution in [1.29, 1.82) is 0 Å². The number of nitrogens with zero attached hydrogens (tertiary/aromatic N) is 4. The molecule has 37 heavy (non-hydrogen) atoms. The van der Waals surface area contributed by atoms with Crippen molar-refractivity contribution in [3.05, 3.63) is 98.4 Å². The summed E-state index contributed by atoms with van der Waals surface area (Å²) in [4.78, 5) is 41.8. The summed E-state index contributed by atoms with van der Waals surface area (Å²) in [6, 6.07) is 15.8. The zero-order valence-corrected chi connectivity index (χ0v) is 20.5. The van der Waals surface area contributed by atoms with Gasteiger partial charge in [0.25, 0.3) is 11.1 Å². The minimum absolute atomic E-state index is 0.0998. The summed E-state index contributed by atoms with van der Waals surface area (Å²) in [5.74, 6) is -1.94. The van der Waals surface area contributed by atoms with Gasteiger partial charge in [0, 0.05) is 43.1 Å². The molecule has 4 aromatic rings. The number of aliphatic carboxylic acids is 1. The largest absolute Gasteiger partial charge is 0.490 e. The highest BCUT2D eigenvalue weighted by Crippen LogP contribution is 2.24. The smallest absolute Gasteiger partial charge is 0.475 e. The number of halogens is 4. The molecule has 0 aliphatic rings. The lowest BCUT2D eigenvalue weighted by atomic mass is 10.2. The Morgan fingerprint density at radius 1 is 1.00 bits per heavy atom. The Morgan fingerprint density at radius 2 is 1.68 bits per heavy atom. The molecule has 0 bridgehead atoms. The van der Waals surface area contributed by atoms with Gasteiger partial charge in [-0.25, -0.2) is 9.78 Å². The van der Waals surface area contributed by atoms with Crippen LogP contribution in [0.3, 0.4) is 0 Å². The van der Waals surface area contributed by atoms with Gasteiger partial charge in [-0.1, -0.05) is 6.07 Å². The molecule has 10 nitrogen and oxygen atoms in total. The quantitative estimate of drug-likeness (QED) is 0.321. The summed E-state index contributed by atoms with van der Waals surface area (Å²) in [5, 5.41) is 13.3. The van der Waals surface area contributed by atoms with E-state index in [9.17, 15) is 22.8 Å². The molecule has 4 rings (SSSR count). The number of pyridine rings is 2. The van der Waals surface area contributed by atoms with Gasteiger partial charge in [0.2, 0.25) is 5.95 Å². The maximum atomic E-state index is 12.2. The average Bonchev–Trinajstić information content (AvgIpc) is 2.85. The normalized spacial score (nSPS) is 10.7. The molecule has 14 heteroatoms. The fraction of sp³-hybridized carbons (Fsp3) is 0.0870. The molecule has 3 N–H and O–H groups in total. The summed E-state index contributed by atoms with van der Waals surface area (Å²) in [5.41, 5.74) is 1.65. The summed E-state index contributed by atoms with van der Waals surface area (Å²) < 4.78 is 35.4. The van der Waals surface area contributed by atoms with E-state index in [-0.39, 0.29) is 11.1 Å². The number of anilines is 4. The second-order valence-electron chi connectivity index (χ2n) is 7.24. The Morgan fingerprint density at radius 3 is 2.30 bits per heavy atom. The molecule has 0 amide bonds. The number of nitrogens with one attached hydrogen (secondary N) is 2. The van der Waals surface area contributed by atoms with E-state index in [4.69, 9.17) is 9.90 Å². The maximum Gasteiger partial charge on any atom is 0.490 e. The number of aryl methyl sites for hydroxylation is 1. The van der Waals surface area contributed by atoms with Gasteiger partial charge in [0.15, 0.2) is 5.82 Å². The highest BCUT2D eigenvalue weighted by Gasteiger charge is 2.38. The van der Waals surface area contributed by atoms with Gasteiger partial charge in [0.1, 0.15) is 5.69 Å². The third-order valence-corrected chi connectivity index (χ3v) is 5.17. The lowest BCUT2D eigenvalue weighted by Crippen LogP contribution is -2.21. The van der Waals surface area contributed by atoms with Gasteiger partial charge < -0.3 is 20.3 Å². The highest BCUT2D eigenvalue weighted by molar-refractivity contribution is 9.10. The van der Waals surface area contributed by atoms with Crippen LogP contribution in [0.1, 0.15) is 0 Å². The van der Waals surface area contributed by atoms with Crippen LogP contribution in [0.15, 0.2) is 87.2 Å². The number of hydrogen-bond donors (Lipinski definition) is 3. The molecule has 3 heterocycles. The van der Waals surface area contributed by atoms with Crippen molar-refractivity contribution in [2.24, 2.45) is 7.05 Å². The van der Waals surface area contributed by atoms with Crippen LogP contribution >= 0.6 is 15.9 Å². The first-order valence-corrected chi connectivity index (χ1v) is 11.1. The molecule has 0 unspecified atom stereocenters. The van der Waals surface area contributed by atoms with E-state index in [2.05, 4.69) is 36.5 Å². The van der Waals surface area contributed by atoms with Gasteiger partial charge >= 0.3 is 12.1 Å². The van der Waals surface area contributed by atoms with Crippen LogP contribution in [-0.2, 0) is 11.8 Å². The van der Waals surface area contributed by atoms with Gasteiger partial charge in [-0.2, -0.15) is 18.2 Å². The molecule has 0 fully saturated rings. The van der Waals surface area contributed by atoms with Crippen molar-refractivity contribution < 1.29 is 23.1 Å². The molecule has 0 aliphatic carbocycles. The summed E-state index contributed by atoms with van der Waals surface area (Å²) >= 11 is 3.40. The van der Waals surface area contributed by atoms with Crippen LogP contribution in [-0.4, -0.2) is 36.4 Å². The number of carbonyl (C=O) groups is 1. The van der Waals surface area contributed by atoms with Crippen LogP contribution in [0, 0.1) is 0 Å². The monoisotopic (exact) mass is 578 g/mol. The van der Waals surface area contributed by atoms with Crippen molar-refractivity contribution in [2.45, 2.75) is 6.18 Å². The first-order chi connectivity index (χ1) is 17.5. The predicted octanol–water partition coefficient (Wildman–Crippen LogP) is 4.21. The van der Waals surface area contributed by atoms with Crippen molar-refractivity contribution >= 4 is 45.0 Å². The van der Waals surface area contributed by atoms with Crippen molar-refractivity contribution in [2.75, 3.05) is 10.6 Å². The third-order valence-electron chi connectivity index (χ3n) is 4.59. The molecule has 0 atom stereocenters. The van der Waals surface area contributed by atoms with Crippen molar-refractivity contribution in [3.8, 4) is 5.69 Å². The molecule has 0 saturated carbocycles. The van der Waals surface area contributed by atoms with E-state index in [0.717, 1.165) is 11.4 Å². The number of rotatable bonds is 5. The minimum atomic E-state index is -5.08. The lowest BCUT2D eigenvalue weighted by molar-refractivity contribution is -0.192. The van der Waals surface area contributed by atoms with Gasteiger partial charge in [-0.15, -0.1) is 0 Å². The van der Waals surface area contributed by atoms with E-state index in [1.807, 2.05) is 24.3 Å². The van der Waals surface area contributed by atoms with E-state index in [1.54, 1.807) is 54.5 Å². The zero-order chi connectivity index (χ0) is 27.2. The van der Waals surface area contributed by atoms with Crippen LogP contribution < -0.4 is 21.8 Å². The molecule has 1 aromatic carbocycles. The van der Waals surface area contributed by atoms with Crippen molar-refractivity contribution in [1.82, 2.24) is 19.1 Å². The summed E-state index contributed by atoms with van der Waals surface area (Å²) in [7, 11) is 1.68. The number of aromatic nitrogens is 4. The Hall–Kier alpha value is -4.46. The summed E-state index contributed by atoms with van der Waals surface area (Å²) in [6.45, 7) is 0. The molecular formula is C23H18BrF3N6O4. The molecule has 0 radical (unpaired) electrons. The zero-order valence-electron chi connectivity index (χ0n) is 18.9. The first-order valence-electron chi connectivity index (χ1n) is 10.3. The van der Waals surface area contributed by atoms with Gasteiger partial charge in [-0.3, -0.25) is 14.2 Å². The maximum absolute atomic E-state index is 12.2. The van der Waals surface area contributed by atoms with E-state index >= 15 is 0 Å². The van der Waals surface area contributed by atoms with Crippen molar-refractivity contribution in [3.63, 3.8) is 0 Å². The lowest BCUT2D eigenvalue weighted by Gasteiger charge is -2.11. The van der Waals surface area contributed by atoms with Crippen LogP contribution in [0.5, 0.6) is 0 Å². The van der Waals surface area contributed by atoms with E-state index < -0.39 is 12.1 Å². The molecule has 0 saturated heterocycles.